The van der Waals surface area contributed by atoms with Crippen LogP contribution < -0.4 is 15.4 Å². The molecule has 0 fully saturated rings. The summed E-state index contributed by atoms with van der Waals surface area (Å²) in [5.41, 5.74) is -0.0921. The van der Waals surface area contributed by atoms with E-state index in [1.54, 1.807) is 0 Å². The third-order valence-electron chi connectivity index (χ3n) is 4.89. The summed E-state index contributed by atoms with van der Waals surface area (Å²) in [5.74, 6) is -1.19. The van der Waals surface area contributed by atoms with E-state index >= 15 is 0 Å². The number of rotatable bonds is 8. The summed E-state index contributed by atoms with van der Waals surface area (Å²) in [5, 5.41) is 5.59. The average Bonchev–Trinajstić information content (AvgIpc) is 3.24. The molecule has 0 bridgehead atoms. The van der Waals surface area contributed by atoms with E-state index < -0.39 is 37.4 Å². The first-order valence-corrected chi connectivity index (χ1v) is 11.1. The summed E-state index contributed by atoms with van der Waals surface area (Å²) in [6.45, 7) is -2.07. The number of nitrogens with one attached hydrogen (secondary N) is 3. The minimum atomic E-state index is -4.68. The van der Waals surface area contributed by atoms with Gasteiger partial charge < -0.3 is 20.4 Å². The lowest BCUT2D eigenvalue weighted by molar-refractivity contribution is -0.153. The molecule has 3 aromatic heterocycles. The number of hydrogen-bond donors (Lipinski definition) is 3. The van der Waals surface area contributed by atoms with E-state index in [0.29, 0.717) is 0 Å². The van der Waals surface area contributed by atoms with E-state index in [1.165, 1.54) is 30.7 Å². The van der Waals surface area contributed by atoms with Gasteiger partial charge in [-0.25, -0.2) is 13.8 Å². The van der Waals surface area contributed by atoms with Gasteiger partial charge in [-0.15, -0.1) is 0 Å². The van der Waals surface area contributed by atoms with Crippen molar-refractivity contribution >= 4 is 51.8 Å². The van der Waals surface area contributed by atoms with Crippen molar-refractivity contribution < 1.29 is 31.5 Å². The SMILES string of the molecule is O=C(NCc1ncccc1C(F)F)c1cc2[nH]c(Nc3c(Cl)cncc3Cl)nc2cc1OCC(F)(F)F. The number of aromatic amines is 1. The van der Waals surface area contributed by atoms with Crippen LogP contribution in [-0.2, 0) is 6.54 Å². The van der Waals surface area contributed by atoms with Gasteiger partial charge in [-0.05, 0) is 18.2 Å². The van der Waals surface area contributed by atoms with Crippen molar-refractivity contribution in [2.45, 2.75) is 19.1 Å². The minimum Gasteiger partial charge on any atom is -0.483 e. The standard InChI is InChI=1S/C22H15Cl2F5N6O2/c23-12-6-30-7-13(24)18(12)35-21-33-14-4-11(17(5-15(14)34-21)37-9-22(27,28)29)20(36)32-8-16-10(19(25)26)2-1-3-31-16/h1-7,19H,8-9H2,(H,32,36)(H2,30,33,34,35). The maximum absolute atomic E-state index is 13.2. The number of H-pyrrole nitrogens is 1. The van der Waals surface area contributed by atoms with Gasteiger partial charge in [0.1, 0.15) is 5.75 Å². The molecule has 3 N–H and O–H groups in total. The number of carbonyl (C=O) groups excluding carboxylic acids is 1. The summed E-state index contributed by atoms with van der Waals surface area (Å²) < 4.78 is 69.8. The van der Waals surface area contributed by atoms with E-state index in [9.17, 15) is 26.7 Å². The molecule has 0 spiro atoms. The highest BCUT2D eigenvalue weighted by atomic mass is 35.5. The topological polar surface area (TPSA) is 105 Å². The van der Waals surface area contributed by atoms with Gasteiger partial charge in [-0.1, -0.05) is 23.2 Å². The first-order valence-electron chi connectivity index (χ1n) is 10.3. The zero-order chi connectivity index (χ0) is 26.7. The molecule has 1 amide bonds. The molecule has 37 heavy (non-hydrogen) atoms. The van der Waals surface area contributed by atoms with E-state index in [4.69, 9.17) is 27.9 Å². The lowest BCUT2D eigenvalue weighted by Crippen LogP contribution is -2.26. The van der Waals surface area contributed by atoms with Crippen molar-refractivity contribution in [1.29, 1.82) is 0 Å². The van der Waals surface area contributed by atoms with Crippen LogP contribution in [0.4, 0.5) is 33.6 Å². The number of ether oxygens (including phenoxy) is 1. The molecule has 4 rings (SSSR count). The number of anilines is 2. The predicted molar refractivity (Wildman–Crippen MR) is 126 cm³/mol. The van der Waals surface area contributed by atoms with E-state index in [2.05, 4.69) is 30.6 Å². The van der Waals surface area contributed by atoms with Crippen molar-refractivity contribution in [3.05, 3.63) is 69.7 Å². The number of benzene rings is 1. The molecule has 1 aromatic carbocycles. The van der Waals surface area contributed by atoms with Crippen molar-refractivity contribution in [3.63, 3.8) is 0 Å². The van der Waals surface area contributed by atoms with Gasteiger partial charge in [0.25, 0.3) is 12.3 Å². The quantitative estimate of drug-likeness (QED) is 0.221. The Morgan fingerprint density at radius 3 is 2.57 bits per heavy atom. The van der Waals surface area contributed by atoms with Crippen molar-refractivity contribution in [3.8, 4) is 5.75 Å². The maximum atomic E-state index is 13.2. The Hall–Kier alpha value is -3.71. The molecule has 3 heterocycles. The van der Waals surface area contributed by atoms with Crippen LogP contribution >= 0.6 is 23.2 Å². The number of amides is 1. The third-order valence-corrected chi connectivity index (χ3v) is 5.47. The highest BCUT2D eigenvalue weighted by molar-refractivity contribution is 6.39. The fourth-order valence-electron chi connectivity index (χ4n) is 3.26. The van der Waals surface area contributed by atoms with Gasteiger partial charge in [0.15, 0.2) is 6.61 Å². The van der Waals surface area contributed by atoms with Crippen LogP contribution in [0.3, 0.4) is 0 Å². The number of nitrogens with zero attached hydrogens (tertiary/aromatic N) is 3. The Balaban J connectivity index is 1.65. The van der Waals surface area contributed by atoms with Crippen LogP contribution in [0, 0.1) is 0 Å². The Morgan fingerprint density at radius 1 is 1.16 bits per heavy atom. The molecule has 0 aliphatic rings. The molecule has 8 nitrogen and oxygen atoms in total. The highest BCUT2D eigenvalue weighted by Gasteiger charge is 2.30. The van der Waals surface area contributed by atoms with Crippen LogP contribution in [0.15, 0.2) is 42.9 Å². The zero-order valence-corrected chi connectivity index (χ0v) is 19.8. The molecule has 0 saturated heterocycles. The monoisotopic (exact) mass is 560 g/mol. The molecule has 15 heteroatoms. The highest BCUT2D eigenvalue weighted by Crippen LogP contribution is 2.33. The van der Waals surface area contributed by atoms with Gasteiger partial charge >= 0.3 is 6.18 Å². The Bertz CT molecular complexity index is 1430. The molecule has 194 valence electrons. The number of carbonyl (C=O) groups is 1. The minimum absolute atomic E-state index is 0.0937. The first kappa shape index (κ1) is 26.4. The average molecular weight is 561 g/mol. The second kappa shape index (κ2) is 10.7. The van der Waals surface area contributed by atoms with Gasteiger partial charge in [-0.3, -0.25) is 14.8 Å². The van der Waals surface area contributed by atoms with E-state index in [-0.39, 0.29) is 49.5 Å². The van der Waals surface area contributed by atoms with Gasteiger partial charge in [-0.2, -0.15) is 13.2 Å². The van der Waals surface area contributed by atoms with Gasteiger partial charge in [0.2, 0.25) is 5.95 Å². The van der Waals surface area contributed by atoms with E-state index in [0.717, 1.165) is 12.1 Å². The fourth-order valence-corrected chi connectivity index (χ4v) is 3.72. The maximum Gasteiger partial charge on any atom is 0.422 e. The lowest BCUT2D eigenvalue weighted by Gasteiger charge is -2.14. The Kier molecular flexibility index (Phi) is 7.64. The van der Waals surface area contributed by atoms with Crippen LogP contribution in [0.1, 0.15) is 28.0 Å². The number of alkyl halides is 5. The number of aromatic nitrogens is 4. The summed E-state index contributed by atoms with van der Waals surface area (Å²) in [4.78, 5) is 27.7. The van der Waals surface area contributed by atoms with Crippen molar-refractivity contribution in [1.82, 2.24) is 25.3 Å². The summed E-state index contributed by atoms with van der Waals surface area (Å²) in [7, 11) is 0. The van der Waals surface area contributed by atoms with E-state index in [1.807, 2.05) is 0 Å². The van der Waals surface area contributed by atoms with Crippen molar-refractivity contribution in [2.75, 3.05) is 11.9 Å². The summed E-state index contributed by atoms with van der Waals surface area (Å²) in [6.07, 6.45) is -3.56. The summed E-state index contributed by atoms with van der Waals surface area (Å²) in [6, 6.07) is 4.83. The smallest absolute Gasteiger partial charge is 0.422 e. The van der Waals surface area contributed by atoms with Crippen LogP contribution in [0.5, 0.6) is 5.75 Å². The molecule has 4 aromatic rings. The molecule has 0 aliphatic carbocycles. The largest absolute Gasteiger partial charge is 0.483 e. The second-order valence-electron chi connectivity index (χ2n) is 7.48. The van der Waals surface area contributed by atoms with Crippen LogP contribution in [0.2, 0.25) is 10.0 Å². The third kappa shape index (κ3) is 6.35. The molecule has 0 aliphatic heterocycles. The number of hydrogen-bond acceptors (Lipinski definition) is 6. The summed E-state index contributed by atoms with van der Waals surface area (Å²) >= 11 is 12.2. The first-order chi connectivity index (χ1) is 17.5. The predicted octanol–water partition coefficient (Wildman–Crippen LogP) is 6.21. The second-order valence-corrected chi connectivity index (χ2v) is 8.30. The van der Waals surface area contributed by atoms with Crippen LogP contribution in [0.25, 0.3) is 11.0 Å². The van der Waals surface area contributed by atoms with Crippen molar-refractivity contribution in [2.24, 2.45) is 0 Å². The molecule has 0 unspecified atom stereocenters. The van der Waals surface area contributed by atoms with Gasteiger partial charge in [0.05, 0.1) is 44.6 Å². The Labute approximate surface area is 215 Å². The number of halogens is 7. The fraction of sp³-hybridized carbons (Fsp3) is 0.182. The lowest BCUT2D eigenvalue weighted by atomic mass is 10.1. The number of pyridine rings is 2. The van der Waals surface area contributed by atoms with Gasteiger partial charge in [0, 0.05) is 30.2 Å². The number of imidazole rings is 1. The normalized spacial score (nSPS) is 11.7. The molecule has 0 radical (unpaired) electrons. The molecule has 0 atom stereocenters. The number of fused-ring (bicyclic) bond motifs is 1. The molecular formula is C22H15Cl2F5N6O2. The Morgan fingerprint density at radius 2 is 1.89 bits per heavy atom. The molecule has 0 saturated carbocycles. The zero-order valence-electron chi connectivity index (χ0n) is 18.3. The molecular weight excluding hydrogens is 546 g/mol. The van der Waals surface area contributed by atoms with Crippen LogP contribution in [-0.4, -0.2) is 38.6 Å².